The molecule has 0 radical (unpaired) electrons. The van der Waals surface area contributed by atoms with E-state index in [0.717, 1.165) is 17.1 Å². The number of anilines is 1. The zero-order chi connectivity index (χ0) is 22.4. The minimum Gasteiger partial charge on any atom is -0.459 e. The summed E-state index contributed by atoms with van der Waals surface area (Å²) in [6.07, 6.45) is -1.69. The van der Waals surface area contributed by atoms with Crippen LogP contribution in [-0.2, 0) is 16.0 Å². The number of pyridine rings is 1. The molecule has 170 valence electrons. The van der Waals surface area contributed by atoms with Crippen molar-refractivity contribution in [2.24, 2.45) is 0 Å². The lowest BCUT2D eigenvalue weighted by molar-refractivity contribution is 0.00706. The third kappa shape index (κ3) is 3.93. The molecule has 2 fully saturated rings. The minimum atomic E-state index is -0.633. The van der Waals surface area contributed by atoms with Crippen LogP contribution in [-0.4, -0.2) is 57.7 Å². The highest BCUT2D eigenvalue weighted by Gasteiger charge is 2.48. The second-order valence-electron chi connectivity index (χ2n) is 8.04. The van der Waals surface area contributed by atoms with Crippen molar-refractivity contribution >= 4 is 28.6 Å². The van der Waals surface area contributed by atoms with Crippen molar-refractivity contribution in [2.75, 3.05) is 18.5 Å². The van der Waals surface area contributed by atoms with Crippen LogP contribution in [0.2, 0.25) is 5.02 Å². The molecule has 4 atom stereocenters. The molecule has 3 aromatic heterocycles. The summed E-state index contributed by atoms with van der Waals surface area (Å²) < 4.78 is 23.0. The van der Waals surface area contributed by atoms with E-state index in [1.54, 1.807) is 6.07 Å². The van der Waals surface area contributed by atoms with Gasteiger partial charge in [0.05, 0.1) is 30.3 Å². The SMILES string of the molecule is O[C@@H]1COC2C1OC[C@H]2Oc1nc2nc(NCc3ccc(-c4ccccc4)o3)c(Cl)cc2[nH]1. The van der Waals surface area contributed by atoms with Crippen LogP contribution in [0, 0.1) is 0 Å². The Bertz CT molecular complexity index is 1280. The maximum Gasteiger partial charge on any atom is 0.296 e. The van der Waals surface area contributed by atoms with Crippen molar-refractivity contribution < 1.29 is 23.7 Å². The molecule has 5 heterocycles. The van der Waals surface area contributed by atoms with E-state index in [9.17, 15) is 5.11 Å². The zero-order valence-electron chi connectivity index (χ0n) is 17.4. The second-order valence-corrected chi connectivity index (χ2v) is 8.44. The van der Waals surface area contributed by atoms with Gasteiger partial charge >= 0.3 is 0 Å². The Kier molecular flexibility index (Phi) is 5.18. The molecule has 2 aliphatic rings. The van der Waals surface area contributed by atoms with Gasteiger partial charge in [-0.05, 0) is 18.2 Å². The number of ether oxygens (including phenoxy) is 3. The summed E-state index contributed by atoms with van der Waals surface area (Å²) in [5.41, 5.74) is 2.12. The predicted molar refractivity (Wildman–Crippen MR) is 120 cm³/mol. The van der Waals surface area contributed by atoms with Crippen molar-refractivity contribution in [3.8, 4) is 17.3 Å². The number of fused-ring (bicyclic) bond motifs is 2. The molecule has 0 spiro atoms. The molecule has 0 bridgehead atoms. The van der Waals surface area contributed by atoms with Crippen LogP contribution in [0.4, 0.5) is 5.82 Å². The first-order valence-corrected chi connectivity index (χ1v) is 11.0. The van der Waals surface area contributed by atoms with Crippen molar-refractivity contribution in [3.63, 3.8) is 0 Å². The first-order valence-electron chi connectivity index (χ1n) is 10.7. The van der Waals surface area contributed by atoms with Gasteiger partial charge in [-0.25, -0.2) is 4.98 Å². The Morgan fingerprint density at radius 2 is 1.94 bits per heavy atom. The predicted octanol–water partition coefficient (Wildman–Crippen LogP) is 3.39. The Morgan fingerprint density at radius 1 is 1.09 bits per heavy atom. The van der Waals surface area contributed by atoms with Crippen LogP contribution in [0.25, 0.3) is 22.5 Å². The summed E-state index contributed by atoms with van der Waals surface area (Å²) in [7, 11) is 0. The number of aromatic amines is 1. The zero-order valence-corrected chi connectivity index (χ0v) is 18.2. The molecule has 2 unspecified atom stereocenters. The number of H-pyrrole nitrogens is 1. The number of imidazole rings is 1. The number of halogens is 1. The summed E-state index contributed by atoms with van der Waals surface area (Å²) >= 11 is 6.43. The lowest BCUT2D eigenvalue weighted by Gasteiger charge is -2.15. The molecule has 4 aromatic rings. The van der Waals surface area contributed by atoms with Gasteiger partial charge in [-0.3, -0.25) is 0 Å². The van der Waals surface area contributed by atoms with E-state index in [-0.39, 0.29) is 24.9 Å². The molecule has 2 saturated heterocycles. The number of furan rings is 1. The maximum atomic E-state index is 9.88. The molecule has 10 heteroatoms. The Labute approximate surface area is 193 Å². The first kappa shape index (κ1) is 20.5. The van der Waals surface area contributed by atoms with Gasteiger partial charge in [0.1, 0.15) is 35.7 Å². The van der Waals surface area contributed by atoms with Crippen molar-refractivity contribution in [1.82, 2.24) is 15.0 Å². The number of benzene rings is 1. The van der Waals surface area contributed by atoms with Gasteiger partial charge < -0.3 is 34.0 Å². The Balaban J connectivity index is 1.15. The van der Waals surface area contributed by atoms with Crippen molar-refractivity contribution in [2.45, 2.75) is 31.0 Å². The largest absolute Gasteiger partial charge is 0.459 e. The third-order valence-electron chi connectivity index (χ3n) is 5.80. The molecule has 0 aliphatic carbocycles. The summed E-state index contributed by atoms with van der Waals surface area (Å²) in [4.78, 5) is 12.0. The molecule has 0 amide bonds. The van der Waals surface area contributed by atoms with Crippen LogP contribution in [0.3, 0.4) is 0 Å². The van der Waals surface area contributed by atoms with E-state index in [4.69, 9.17) is 30.2 Å². The van der Waals surface area contributed by atoms with Gasteiger partial charge in [-0.15, -0.1) is 0 Å². The van der Waals surface area contributed by atoms with E-state index < -0.39 is 6.10 Å². The molecule has 6 rings (SSSR count). The Hall–Kier alpha value is -3.11. The summed E-state index contributed by atoms with van der Waals surface area (Å²) in [6.45, 7) is 0.976. The van der Waals surface area contributed by atoms with E-state index in [1.165, 1.54) is 0 Å². The second kappa shape index (κ2) is 8.35. The molecule has 0 saturated carbocycles. The van der Waals surface area contributed by atoms with Crippen LogP contribution >= 0.6 is 11.6 Å². The molecular weight excluding hydrogens is 448 g/mol. The summed E-state index contributed by atoms with van der Waals surface area (Å²) in [5, 5.41) is 13.5. The number of nitrogens with one attached hydrogen (secondary N) is 2. The molecule has 3 N–H and O–H groups in total. The number of nitrogens with zero attached hydrogens (tertiary/aromatic N) is 2. The lowest BCUT2D eigenvalue weighted by atomic mass is 10.1. The van der Waals surface area contributed by atoms with Gasteiger partial charge in [0.2, 0.25) is 0 Å². The fraction of sp³-hybridized carbons (Fsp3) is 0.304. The number of aromatic nitrogens is 3. The van der Waals surface area contributed by atoms with Gasteiger partial charge in [0, 0.05) is 5.56 Å². The van der Waals surface area contributed by atoms with Crippen molar-refractivity contribution in [1.29, 1.82) is 0 Å². The third-order valence-corrected chi connectivity index (χ3v) is 6.09. The van der Waals surface area contributed by atoms with Crippen LogP contribution in [0.1, 0.15) is 5.76 Å². The molecule has 9 nitrogen and oxygen atoms in total. The quantitative estimate of drug-likeness (QED) is 0.394. The van der Waals surface area contributed by atoms with Crippen LogP contribution in [0.5, 0.6) is 6.01 Å². The van der Waals surface area contributed by atoms with Gasteiger partial charge in [-0.1, -0.05) is 41.9 Å². The molecule has 2 aliphatic heterocycles. The van der Waals surface area contributed by atoms with Gasteiger partial charge in [0.15, 0.2) is 11.8 Å². The summed E-state index contributed by atoms with van der Waals surface area (Å²) in [6, 6.07) is 15.8. The van der Waals surface area contributed by atoms with Crippen molar-refractivity contribution in [3.05, 3.63) is 59.3 Å². The molecular formula is C23H21ClN4O5. The fourth-order valence-electron chi connectivity index (χ4n) is 4.17. The number of hydrogen-bond donors (Lipinski definition) is 3. The highest BCUT2D eigenvalue weighted by atomic mass is 35.5. The number of aliphatic hydroxyl groups excluding tert-OH is 1. The molecule has 1 aromatic carbocycles. The van der Waals surface area contributed by atoms with Crippen LogP contribution in [0.15, 0.2) is 52.9 Å². The minimum absolute atomic E-state index is 0.240. The molecule has 33 heavy (non-hydrogen) atoms. The highest BCUT2D eigenvalue weighted by molar-refractivity contribution is 6.33. The summed E-state index contributed by atoms with van der Waals surface area (Å²) in [5.74, 6) is 2.05. The first-order chi connectivity index (χ1) is 16.1. The lowest BCUT2D eigenvalue weighted by Crippen LogP contribution is -2.34. The van der Waals surface area contributed by atoms with E-state index in [0.29, 0.717) is 41.2 Å². The standard InChI is InChI=1S/C23H21ClN4O5/c24-14-8-15-22(28-23(26-15)33-18-11-31-19-16(29)10-30-20(18)19)27-21(14)25-9-13-6-7-17(32-13)12-4-2-1-3-5-12/h1-8,16,18-20,29H,9-11H2,(H2,25,26,27,28)/t16-,18-,19?,20?/m1/s1. The van der Waals surface area contributed by atoms with E-state index in [2.05, 4.69) is 20.3 Å². The average Bonchev–Trinajstić information content (AvgIpc) is 3.60. The number of rotatable bonds is 6. The average molecular weight is 469 g/mol. The monoisotopic (exact) mass is 468 g/mol. The topological polar surface area (TPSA) is 115 Å². The Morgan fingerprint density at radius 3 is 2.82 bits per heavy atom. The fourth-order valence-corrected chi connectivity index (χ4v) is 4.38. The number of hydrogen-bond acceptors (Lipinski definition) is 8. The van der Waals surface area contributed by atoms with E-state index in [1.807, 2.05) is 42.5 Å². The highest BCUT2D eigenvalue weighted by Crippen LogP contribution is 2.31. The van der Waals surface area contributed by atoms with Gasteiger partial charge in [0.25, 0.3) is 6.01 Å². The van der Waals surface area contributed by atoms with E-state index >= 15 is 0 Å². The normalized spacial score (nSPS) is 24.3. The smallest absolute Gasteiger partial charge is 0.296 e. The van der Waals surface area contributed by atoms with Crippen LogP contribution < -0.4 is 10.1 Å². The maximum absolute atomic E-state index is 9.88. The van der Waals surface area contributed by atoms with Gasteiger partial charge in [-0.2, -0.15) is 4.98 Å². The number of aliphatic hydroxyl groups is 1.